The van der Waals surface area contributed by atoms with Crippen molar-refractivity contribution in [3.8, 4) is 0 Å². The molecule has 0 fully saturated rings. The van der Waals surface area contributed by atoms with Crippen LogP contribution in [0.15, 0.2) is 48.5 Å². The van der Waals surface area contributed by atoms with Gasteiger partial charge in [0.2, 0.25) is 0 Å². The summed E-state index contributed by atoms with van der Waals surface area (Å²) in [4.78, 5) is 24.5. The van der Waals surface area contributed by atoms with Crippen molar-refractivity contribution in [1.29, 1.82) is 0 Å². The fraction of sp³-hybridized carbons (Fsp3) is 0.300. The Balaban J connectivity index is 2.03. The molecular formula is C20H22F2N2O3. The second kappa shape index (κ2) is 9.66. The average Bonchev–Trinajstić information content (AvgIpc) is 2.63. The highest BCUT2D eigenvalue weighted by molar-refractivity contribution is 5.74. The number of hydrogen-bond donors (Lipinski definition) is 2. The first-order valence-corrected chi connectivity index (χ1v) is 8.57. The van der Waals surface area contributed by atoms with Crippen molar-refractivity contribution in [2.45, 2.75) is 31.8 Å². The van der Waals surface area contributed by atoms with Gasteiger partial charge in [-0.05, 0) is 30.5 Å². The molecule has 5 nitrogen and oxygen atoms in total. The van der Waals surface area contributed by atoms with Crippen LogP contribution < -0.4 is 5.32 Å². The van der Waals surface area contributed by atoms with Gasteiger partial charge >= 0.3 is 12.0 Å². The van der Waals surface area contributed by atoms with Crippen LogP contribution in [0.2, 0.25) is 0 Å². The lowest BCUT2D eigenvalue weighted by molar-refractivity contribution is -0.137. The maximum absolute atomic E-state index is 13.8. The predicted octanol–water partition coefficient (Wildman–Crippen LogP) is 3.58. The molecule has 1 atom stereocenters. The second-order valence-corrected chi connectivity index (χ2v) is 6.32. The van der Waals surface area contributed by atoms with E-state index in [-0.39, 0.29) is 24.9 Å². The highest BCUT2D eigenvalue weighted by Gasteiger charge is 2.19. The van der Waals surface area contributed by atoms with Crippen LogP contribution in [0.4, 0.5) is 13.6 Å². The van der Waals surface area contributed by atoms with Gasteiger partial charge in [-0.1, -0.05) is 36.4 Å². The SMILES string of the molecule is CN(Cc1c(F)cccc1F)C(=O)NC(CCC(=O)O)Cc1ccccc1. The third-order valence-electron chi connectivity index (χ3n) is 4.16. The molecule has 0 radical (unpaired) electrons. The van der Waals surface area contributed by atoms with Gasteiger partial charge in [0, 0.05) is 25.1 Å². The highest BCUT2D eigenvalue weighted by Crippen LogP contribution is 2.14. The van der Waals surface area contributed by atoms with Crippen LogP contribution in [0.1, 0.15) is 24.0 Å². The van der Waals surface area contributed by atoms with E-state index in [0.29, 0.717) is 6.42 Å². The number of amides is 2. The molecule has 0 bridgehead atoms. The Bertz CT molecular complexity index is 764. The molecule has 0 spiro atoms. The summed E-state index contributed by atoms with van der Waals surface area (Å²) in [7, 11) is 1.43. The number of carbonyl (C=O) groups excluding carboxylic acids is 1. The number of hydrogen-bond acceptors (Lipinski definition) is 2. The van der Waals surface area contributed by atoms with Crippen LogP contribution in [-0.2, 0) is 17.8 Å². The van der Waals surface area contributed by atoms with Gasteiger partial charge in [0.25, 0.3) is 0 Å². The first-order chi connectivity index (χ1) is 12.9. The van der Waals surface area contributed by atoms with Gasteiger partial charge in [-0.25, -0.2) is 13.6 Å². The van der Waals surface area contributed by atoms with E-state index in [1.54, 1.807) is 0 Å². The van der Waals surface area contributed by atoms with Gasteiger partial charge in [0.15, 0.2) is 0 Å². The molecule has 1 unspecified atom stereocenters. The number of aliphatic carboxylic acids is 1. The third-order valence-corrected chi connectivity index (χ3v) is 4.16. The molecule has 0 aromatic heterocycles. The molecule has 2 N–H and O–H groups in total. The van der Waals surface area contributed by atoms with Crippen molar-refractivity contribution in [3.05, 3.63) is 71.3 Å². The zero-order chi connectivity index (χ0) is 19.8. The monoisotopic (exact) mass is 376 g/mol. The maximum atomic E-state index is 13.8. The van der Waals surface area contributed by atoms with E-state index in [4.69, 9.17) is 5.11 Å². The van der Waals surface area contributed by atoms with Crippen LogP contribution >= 0.6 is 0 Å². The number of carboxylic acid groups (broad SMARTS) is 1. The summed E-state index contributed by atoms with van der Waals surface area (Å²) in [5.74, 6) is -2.40. The van der Waals surface area contributed by atoms with Crippen molar-refractivity contribution in [3.63, 3.8) is 0 Å². The average molecular weight is 376 g/mol. The summed E-state index contributed by atoms with van der Waals surface area (Å²) in [5.41, 5.74) is 0.760. The zero-order valence-corrected chi connectivity index (χ0v) is 15.0. The molecule has 0 aliphatic rings. The summed E-state index contributed by atoms with van der Waals surface area (Å²) in [6.45, 7) is -0.235. The quantitative estimate of drug-likeness (QED) is 0.740. The van der Waals surface area contributed by atoms with E-state index < -0.39 is 29.7 Å². The Morgan fingerprint density at radius 2 is 1.70 bits per heavy atom. The Morgan fingerprint density at radius 1 is 1.07 bits per heavy atom. The molecule has 2 aromatic carbocycles. The normalized spacial score (nSPS) is 11.7. The fourth-order valence-electron chi connectivity index (χ4n) is 2.70. The molecule has 2 aromatic rings. The number of benzene rings is 2. The van der Waals surface area contributed by atoms with Crippen molar-refractivity contribution < 1.29 is 23.5 Å². The lowest BCUT2D eigenvalue weighted by Gasteiger charge is -2.24. The molecule has 7 heteroatoms. The van der Waals surface area contributed by atoms with Crippen molar-refractivity contribution in [2.75, 3.05) is 7.05 Å². The Morgan fingerprint density at radius 3 is 2.30 bits per heavy atom. The smallest absolute Gasteiger partial charge is 0.317 e. The molecule has 144 valence electrons. The summed E-state index contributed by atoms with van der Waals surface area (Å²) < 4.78 is 27.5. The number of rotatable bonds is 8. The van der Waals surface area contributed by atoms with Gasteiger partial charge in [-0.2, -0.15) is 0 Å². The van der Waals surface area contributed by atoms with Crippen molar-refractivity contribution >= 4 is 12.0 Å². The van der Waals surface area contributed by atoms with E-state index in [0.717, 1.165) is 17.7 Å². The lowest BCUT2D eigenvalue weighted by atomic mass is 10.0. The number of carboxylic acids is 1. The number of nitrogens with zero attached hydrogens (tertiary/aromatic N) is 1. The molecule has 2 rings (SSSR count). The highest BCUT2D eigenvalue weighted by atomic mass is 19.1. The van der Waals surface area contributed by atoms with Crippen LogP contribution in [-0.4, -0.2) is 35.1 Å². The molecular weight excluding hydrogens is 354 g/mol. The van der Waals surface area contributed by atoms with Crippen LogP contribution in [0.5, 0.6) is 0 Å². The molecule has 0 aliphatic heterocycles. The predicted molar refractivity (Wildman–Crippen MR) is 97.2 cm³/mol. The van der Waals surface area contributed by atoms with E-state index in [1.807, 2.05) is 30.3 Å². The lowest BCUT2D eigenvalue weighted by Crippen LogP contribution is -2.44. The Labute approximate surface area is 156 Å². The first-order valence-electron chi connectivity index (χ1n) is 8.57. The standard InChI is InChI=1S/C20H22F2N2O3/c1-24(13-16-17(21)8-5-9-18(16)22)20(27)23-15(10-11-19(25)26)12-14-6-3-2-4-7-14/h2-9,15H,10-13H2,1H3,(H,23,27)(H,25,26). The first kappa shape index (κ1) is 20.4. The molecule has 0 aliphatic carbocycles. The van der Waals surface area contributed by atoms with Gasteiger partial charge < -0.3 is 15.3 Å². The fourth-order valence-corrected chi connectivity index (χ4v) is 2.70. The van der Waals surface area contributed by atoms with Gasteiger partial charge in [0.05, 0.1) is 6.54 Å². The topological polar surface area (TPSA) is 69.6 Å². The Hall–Kier alpha value is -2.96. The molecule has 2 amide bonds. The summed E-state index contributed by atoms with van der Waals surface area (Å²) in [6.07, 6.45) is 0.614. The van der Waals surface area contributed by atoms with Gasteiger partial charge in [-0.3, -0.25) is 4.79 Å². The van der Waals surface area contributed by atoms with Crippen LogP contribution in [0.25, 0.3) is 0 Å². The van der Waals surface area contributed by atoms with Crippen molar-refractivity contribution in [2.24, 2.45) is 0 Å². The minimum atomic E-state index is -0.955. The van der Waals surface area contributed by atoms with Crippen LogP contribution in [0, 0.1) is 11.6 Å². The minimum absolute atomic E-state index is 0.0938. The third kappa shape index (κ3) is 6.36. The number of carbonyl (C=O) groups is 2. The number of halogens is 2. The molecule has 0 saturated heterocycles. The summed E-state index contributed by atoms with van der Waals surface area (Å²) in [6, 6.07) is 12.0. The second-order valence-electron chi connectivity index (χ2n) is 6.32. The molecule has 0 saturated carbocycles. The van der Waals surface area contributed by atoms with E-state index in [2.05, 4.69) is 5.32 Å². The largest absolute Gasteiger partial charge is 0.481 e. The van der Waals surface area contributed by atoms with E-state index in [9.17, 15) is 18.4 Å². The summed E-state index contributed by atoms with van der Waals surface area (Å²) >= 11 is 0. The van der Waals surface area contributed by atoms with Gasteiger partial charge in [-0.15, -0.1) is 0 Å². The molecule has 27 heavy (non-hydrogen) atoms. The zero-order valence-electron chi connectivity index (χ0n) is 15.0. The Kier molecular flexibility index (Phi) is 7.28. The van der Waals surface area contributed by atoms with Gasteiger partial charge in [0.1, 0.15) is 11.6 Å². The summed E-state index contributed by atoms with van der Waals surface area (Å²) in [5, 5.41) is 11.7. The van der Waals surface area contributed by atoms with Crippen molar-refractivity contribution in [1.82, 2.24) is 10.2 Å². The maximum Gasteiger partial charge on any atom is 0.317 e. The van der Waals surface area contributed by atoms with E-state index in [1.165, 1.54) is 18.0 Å². The number of nitrogens with one attached hydrogen (secondary N) is 1. The van der Waals surface area contributed by atoms with Crippen LogP contribution in [0.3, 0.4) is 0 Å². The molecule has 0 heterocycles. The van der Waals surface area contributed by atoms with E-state index >= 15 is 0 Å². The minimum Gasteiger partial charge on any atom is -0.481 e. The number of urea groups is 1.